The van der Waals surface area contributed by atoms with Gasteiger partial charge in [0.1, 0.15) is 11.6 Å². The quantitative estimate of drug-likeness (QED) is 0.681. The molecule has 0 aromatic carbocycles. The molecule has 3 heterocycles. The molecule has 3 nitrogen and oxygen atoms in total. The fourth-order valence-electron chi connectivity index (χ4n) is 2.21. The predicted octanol–water partition coefficient (Wildman–Crippen LogP) is 5.03. The van der Waals surface area contributed by atoms with Gasteiger partial charge in [-0.2, -0.15) is 5.26 Å². The number of nitrogens with one attached hydrogen (secondary N) is 1. The van der Waals surface area contributed by atoms with Crippen LogP contribution in [0.4, 0.5) is 0 Å². The van der Waals surface area contributed by atoms with Crippen molar-refractivity contribution in [3.8, 4) is 27.1 Å². The average molecular weight is 391 g/mol. The van der Waals surface area contributed by atoms with Crippen LogP contribution >= 0.6 is 38.6 Å². The minimum absolute atomic E-state index is 0.164. The van der Waals surface area contributed by atoms with Crippen LogP contribution in [0.2, 0.25) is 0 Å². The smallest absolute Gasteiger partial charge is 0.267 e. The SMILES string of the molecule is CCc1sc(-c2cc(-c3cccs3)[nH]c(=O)c2C#N)cc1Br. The Morgan fingerprint density at radius 3 is 2.77 bits per heavy atom. The zero-order chi connectivity index (χ0) is 15.7. The van der Waals surface area contributed by atoms with Crippen molar-refractivity contribution in [3.05, 3.63) is 54.9 Å². The molecule has 0 saturated heterocycles. The summed E-state index contributed by atoms with van der Waals surface area (Å²) in [6, 6.07) is 9.80. The van der Waals surface area contributed by atoms with Gasteiger partial charge in [-0.3, -0.25) is 4.79 Å². The Labute approximate surface area is 144 Å². The first-order chi connectivity index (χ1) is 10.6. The van der Waals surface area contributed by atoms with E-state index in [-0.39, 0.29) is 11.1 Å². The highest BCUT2D eigenvalue weighted by molar-refractivity contribution is 9.10. The molecule has 0 aliphatic rings. The minimum atomic E-state index is -0.342. The number of nitriles is 1. The van der Waals surface area contributed by atoms with Crippen molar-refractivity contribution in [2.75, 3.05) is 0 Å². The summed E-state index contributed by atoms with van der Waals surface area (Å²) in [6.07, 6.45) is 0.911. The topological polar surface area (TPSA) is 56.6 Å². The van der Waals surface area contributed by atoms with Crippen LogP contribution in [0.5, 0.6) is 0 Å². The Morgan fingerprint density at radius 2 is 2.18 bits per heavy atom. The molecular formula is C16H11BrN2OS2. The highest BCUT2D eigenvalue weighted by Crippen LogP contribution is 2.37. The molecule has 3 aromatic rings. The highest BCUT2D eigenvalue weighted by atomic mass is 79.9. The average Bonchev–Trinajstić information content (AvgIpc) is 3.15. The summed E-state index contributed by atoms with van der Waals surface area (Å²) in [6.45, 7) is 2.08. The summed E-state index contributed by atoms with van der Waals surface area (Å²) in [5.74, 6) is 0. The van der Waals surface area contributed by atoms with Gasteiger partial charge in [0, 0.05) is 19.8 Å². The van der Waals surface area contributed by atoms with E-state index in [2.05, 4.69) is 27.8 Å². The lowest BCUT2D eigenvalue weighted by molar-refractivity contribution is 1.18. The Hall–Kier alpha value is -1.68. The lowest BCUT2D eigenvalue weighted by atomic mass is 10.1. The summed E-state index contributed by atoms with van der Waals surface area (Å²) in [5, 5.41) is 11.3. The van der Waals surface area contributed by atoms with Crippen LogP contribution in [0.25, 0.3) is 21.0 Å². The van der Waals surface area contributed by atoms with Gasteiger partial charge in [-0.1, -0.05) is 13.0 Å². The molecule has 0 spiro atoms. The Morgan fingerprint density at radius 1 is 1.36 bits per heavy atom. The number of thiophene rings is 2. The first-order valence-electron chi connectivity index (χ1n) is 6.64. The van der Waals surface area contributed by atoms with Gasteiger partial charge in [0.2, 0.25) is 0 Å². The molecule has 0 aliphatic carbocycles. The fourth-order valence-corrected chi connectivity index (χ4v) is 4.83. The Bertz CT molecular complexity index is 917. The standard InChI is InChI=1S/C16H11BrN2OS2/c1-2-13-11(17)7-15(22-13)9-6-12(14-4-3-5-21-14)19-16(20)10(9)8-18/h3-7H,2H2,1H3,(H,19,20). The molecule has 3 rings (SSSR count). The van der Waals surface area contributed by atoms with Crippen LogP contribution in [0.15, 0.2) is 38.9 Å². The molecule has 110 valence electrons. The van der Waals surface area contributed by atoms with E-state index in [1.165, 1.54) is 4.88 Å². The van der Waals surface area contributed by atoms with Crippen molar-refractivity contribution in [2.45, 2.75) is 13.3 Å². The normalized spacial score (nSPS) is 10.6. The number of hydrogen-bond acceptors (Lipinski definition) is 4. The number of nitrogens with zero attached hydrogens (tertiary/aromatic N) is 1. The maximum atomic E-state index is 12.2. The van der Waals surface area contributed by atoms with Gasteiger partial charge in [0.05, 0.1) is 10.6 Å². The summed E-state index contributed by atoms with van der Waals surface area (Å²) < 4.78 is 1.02. The summed E-state index contributed by atoms with van der Waals surface area (Å²) >= 11 is 6.71. The summed E-state index contributed by atoms with van der Waals surface area (Å²) in [4.78, 5) is 18.2. The summed E-state index contributed by atoms with van der Waals surface area (Å²) in [7, 11) is 0. The number of H-pyrrole nitrogens is 1. The van der Waals surface area contributed by atoms with Gasteiger partial charge < -0.3 is 4.98 Å². The molecule has 0 aliphatic heterocycles. The van der Waals surface area contributed by atoms with Gasteiger partial charge in [0.15, 0.2) is 0 Å². The van der Waals surface area contributed by atoms with Gasteiger partial charge >= 0.3 is 0 Å². The largest absolute Gasteiger partial charge is 0.320 e. The van der Waals surface area contributed by atoms with E-state index in [9.17, 15) is 10.1 Å². The van der Waals surface area contributed by atoms with Crippen molar-refractivity contribution >= 4 is 38.6 Å². The van der Waals surface area contributed by atoms with Gasteiger partial charge in [-0.05, 0) is 45.9 Å². The third-order valence-corrected chi connectivity index (χ3v) is 6.46. The monoisotopic (exact) mass is 390 g/mol. The number of pyridine rings is 1. The maximum absolute atomic E-state index is 12.2. The lowest BCUT2D eigenvalue weighted by Gasteiger charge is -2.04. The number of aromatic amines is 1. The number of halogens is 1. The van der Waals surface area contributed by atoms with E-state index in [1.807, 2.05) is 35.7 Å². The lowest BCUT2D eigenvalue weighted by Crippen LogP contribution is -2.12. The van der Waals surface area contributed by atoms with Crippen LogP contribution in [0.1, 0.15) is 17.4 Å². The Kier molecular flexibility index (Phi) is 4.30. The molecule has 0 radical (unpaired) electrons. The molecule has 0 bridgehead atoms. The van der Waals surface area contributed by atoms with Gasteiger partial charge in [-0.15, -0.1) is 22.7 Å². The first-order valence-corrected chi connectivity index (χ1v) is 9.12. The fraction of sp³-hybridized carbons (Fsp3) is 0.125. The molecule has 0 unspecified atom stereocenters. The molecule has 22 heavy (non-hydrogen) atoms. The van der Waals surface area contributed by atoms with Crippen molar-refractivity contribution in [3.63, 3.8) is 0 Å². The maximum Gasteiger partial charge on any atom is 0.267 e. The van der Waals surface area contributed by atoms with Crippen molar-refractivity contribution in [1.29, 1.82) is 5.26 Å². The molecule has 0 amide bonds. The van der Waals surface area contributed by atoms with Crippen molar-refractivity contribution in [2.24, 2.45) is 0 Å². The second-order valence-electron chi connectivity index (χ2n) is 4.63. The second-order valence-corrected chi connectivity index (χ2v) is 7.56. The summed E-state index contributed by atoms with van der Waals surface area (Å²) in [5.41, 5.74) is 1.26. The van der Waals surface area contributed by atoms with Crippen LogP contribution in [0, 0.1) is 11.3 Å². The van der Waals surface area contributed by atoms with E-state index < -0.39 is 0 Å². The molecule has 3 aromatic heterocycles. The van der Waals surface area contributed by atoms with E-state index in [0.29, 0.717) is 5.56 Å². The number of aryl methyl sites for hydroxylation is 1. The van der Waals surface area contributed by atoms with Gasteiger partial charge in [-0.25, -0.2) is 0 Å². The number of rotatable bonds is 3. The number of aromatic nitrogens is 1. The minimum Gasteiger partial charge on any atom is -0.320 e. The molecule has 6 heteroatoms. The van der Waals surface area contributed by atoms with E-state index in [4.69, 9.17) is 0 Å². The third kappa shape index (κ3) is 2.68. The third-order valence-electron chi connectivity index (χ3n) is 3.28. The predicted molar refractivity (Wildman–Crippen MR) is 95.5 cm³/mol. The zero-order valence-corrected chi connectivity index (χ0v) is 14.9. The first kappa shape index (κ1) is 15.2. The molecule has 0 atom stereocenters. The van der Waals surface area contributed by atoms with Gasteiger partial charge in [0.25, 0.3) is 5.56 Å². The zero-order valence-electron chi connectivity index (χ0n) is 11.6. The van der Waals surface area contributed by atoms with Crippen LogP contribution in [0.3, 0.4) is 0 Å². The molecule has 0 saturated carbocycles. The highest BCUT2D eigenvalue weighted by Gasteiger charge is 2.16. The molecule has 0 fully saturated rings. The van der Waals surface area contributed by atoms with Crippen molar-refractivity contribution < 1.29 is 0 Å². The van der Waals surface area contributed by atoms with Crippen molar-refractivity contribution in [1.82, 2.24) is 4.98 Å². The van der Waals surface area contributed by atoms with E-state index in [1.54, 1.807) is 22.7 Å². The molecular weight excluding hydrogens is 380 g/mol. The second kappa shape index (κ2) is 6.21. The number of hydrogen-bond donors (Lipinski definition) is 1. The Balaban J connectivity index is 2.25. The van der Waals surface area contributed by atoms with E-state index in [0.717, 1.165) is 26.3 Å². The van der Waals surface area contributed by atoms with E-state index >= 15 is 0 Å². The molecule has 1 N–H and O–H groups in total. The van der Waals surface area contributed by atoms with Crippen LogP contribution in [-0.4, -0.2) is 4.98 Å². The van der Waals surface area contributed by atoms with Crippen LogP contribution < -0.4 is 5.56 Å². The van der Waals surface area contributed by atoms with Crippen LogP contribution in [-0.2, 0) is 6.42 Å².